The first-order valence-corrected chi connectivity index (χ1v) is 9.21. The van der Waals surface area contributed by atoms with Crippen LogP contribution in [0.4, 0.5) is 4.39 Å². The Hall–Kier alpha value is -1.92. The topological polar surface area (TPSA) is 56.7 Å². The van der Waals surface area contributed by atoms with E-state index in [9.17, 15) is 4.39 Å². The molecule has 2 aromatic rings. The number of aromatic nitrogens is 3. The summed E-state index contributed by atoms with van der Waals surface area (Å²) >= 11 is 1.64. The Morgan fingerprint density at radius 2 is 2.25 bits per heavy atom. The van der Waals surface area contributed by atoms with Gasteiger partial charge in [-0.05, 0) is 31.2 Å². The van der Waals surface area contributed by atoms with Crippen LogP contribution in [-0.2, 0) is 13.0 Å². The zero-order valence-corrected chi connectivity index (χ0v) is 14.7. The SMILES string of the molecule is CSC1C=C(F)C(n2nc(CN)nc2Cc2cccc(C)c2)=CC1. The van der Waals surface area contributed by atoms with Crippen LogP contribution in [0.15, 0.2) is 42.2 Å². The zero-order valence-electron chi connectivity index (χ0n) is 13.9. The molecule has 4 nitrogen and oxygen atoms in total. The highest BCUT2D eigenvalue weighted by Crippen LogP contribution is 2.29. The van der Waals surface area contributed by atoms with Gasteiger partial charge in [-0.3, -0.25) is 0 Å². The molecule has 1 aliphatic carbocycles. The summed E-state index contributed by atoms with van der Waals surface area (Å²) in [4.78, 5) is 4.49. The predicted molar refractivity (Wildman–Crippen MR) is 97.3 cm³/mol. The summed E-state index contributed by atoms with van der Waals surface area (Å²) in [6, 6.07) is 8.21. The van der Waals surface area contributed by atoms with Gasteiger partial charge in [0.1, 0.15) is 11.7 Å². The lowest BCUT2D eigenvalue weighted by Gasteiger charge is -2.17. The molecule has 3 rings (SSSR count). The number of allylic oxidation sites excluding steroid dienone is 3. The zero-order chi connectivity index (χ0) is 17.1. The molecule has 1 atom stereocenters. The van der Waals surface area contributed by atoms with Gasteiger partial charge in [-0.1, -0.05) is 35.9 Å². The molecule has 0 saturated heterocycles. The van der Waals surface area contributed by atoms with Crippen LogP contribution in [0.5, 0.6) is 0 Å². The standard InChI is InChI=1S/C18H21FN4S/c1-12-4-3-5-13(8-12)9-18-21-17(11-20)22-23(18)16-7-6-14(24-2)10-15(16)19/h3-5,7-8,10,14H,6,9,11,20H2,1-2H3. The van der Waals surface area contributed by atoms with E-state index in [1.807, 2.05) is 37.5 Å². The van der Waals surface area contributed by atoms with E-state index in [1.165, 1.54) is 5.56 Å². The normalized spacial score (nSPS) is 17.6. The predicted octanol–water partition coefficient (Wildman–Crippen LogP) is 3.47. The summed E-state index contributed by atoms with van der Waals surface area (Å²) in [5.74, 6) is 0.983. The van der Waals surface area contributed by atoms with Crippen LogP contribution in [-0.4, -0.2) is 26.3 Å². The monoisotopic (exact) mass is 344 g/mol. The maximum atomic E-state index is 14.5. The number of nitrogens with zero attached hydrogens (tertiary/aromatic N) is 3. The first-order chi connectivity index (χ1) is 11.6. The molecule has 1 aliphatic rings. The van der Waals surface area contributed by atoms with Crippen LogP contribution in [0.1, 0.15) is 29.2 Å². The molecule has 0 bridgehead atoms. The van der Waals surface area contributed by atoms with Crippen LogP contribution < -0.4 is 5.73 Å². The highest BCUT2D eigenvalue weighted by Gasteiger charge is 2.21. The van der Waals surface area contributed by atoms with Gasteiger partial charge in [-0.15, -0.1) is 5.10 Å². The minimum absolute atomic E-state index is 0.173. The first-order valence-electron chi connectivity index (χ1n) is 7.92. The van der Waals surface area contributed by atoms with Crippen molar-refractivity contribution in [2.24, 2.45) is 5.73 Å². The van der Waals surface area contributed by atoms with Crippen molar-refractivity contribution in [3.63, 3.8) is 0 Å². The molecule has 0 saturated carbocycles. The molecule has 1 heterocycles. The lowest BCUT2D eigenvalue weighted by atomic mass is 10.1. The van der Waals surface area contributed by atoms with Crippen molar-refractivity contribution in [1.82, 2.24) is 14.8 Å². The lowest BCUT2D eigenvalue weighted by molar-refractivity contribution is 0.634. The second kappa shape index (κ2) is 7.32. The van der Waals surface area contributed by atoms with Crippen molar-refractivity contribution < 1.29 is 4.39 Å². The molecular weight excluding hydrogens is 323 g/mol. The van der Waals surface area contributed by atoms with Crippen molar-refractivity contribution in [2.75, 3.05) is 6.26 Å². The summed E-state index contributed by atoms with van der Waals surface area (Å²) in [7, 11) is 0. The Kier molecular flexibility index (Phi) is 5.16. The molecular formula is C18H21FN4S. The molecule has 2 N–H and O–H groups in total. The third kappa shape index (κ3) is 3.60. The molecule has 0 radical (unpaired) electrons. The summed E-state index contributed by atoms with van der Waals surface area (Å²) in [6.07, 6.45) is 6.90. The summed E-state index contributed by atoms with van der Waals surface area (Å²) in [6.45, 7) is 2.29. The van der Waals surface area contributed by atoms with E-state index in [1.54, 1.807) is 22.5 Å². The fourth-order valence-corrected chi connectivity index (χ4v) is 3.33. The Balaban J connectivity index is 1.95. The second-order valence-electron chi connectivity index (χ2n) is 5.84. The number of benzene rings is 1. The number of hydrogen-bond donors (Lipinski definition) is 1. The second-order valence-corrected chi connectivity index (χ2v) is 6.92. The third-order valence-electron chi connectivity index (χ3n) is 4.00. The van der Waals surface area contributed by atoms with Gasteiger partial charge in [0, 0.05) is 11.7 Å². The van der Waals surface area contributed by atoms with Crippen molar-refractivity contribution in [2.45, 2.75) is 31.6 Å². The first kappa shape index (κ1) is 16.9. The van der Waals surface area contributed by atoms with Gasteiger partial charge >= 0.3 is 0 Å². The van der Waals surface area contributed by atoms with E-state index in [2.05, 4.69) is 16.1 Å². The van der Waals surface area contributed by atoms with Crippen LogP contribution in [0.3, 0.4) is 0 Å². The molecule has 0 amide bonds. The largest absolute Gasteiger partial charge is 0.324 e. The molecule has 0 fully saturated rings. The van der Waals surface area contributed by atoms with Crippen LogP contribution in [0.25, 0.3) is 5.70 Å². The van der Waals surface area contributed by atoms with Crippen molar-refractivity contribution in [3.8, 4) is 0 Å². The van der Waals surface area contributed by atoms with Crippen LogP contribution >= 0.6 is 11.8 Å². The Morgan fingerprint density at radius 1 is 1.42 bits per heavy atom. The van der Waals surface area contributed by atoms with E-state index in [0.717, 1.165) is 12.0 Å². The van der Waals surface area contributed by atoms with Crippen molar-refractivity contribution in [3.05, 3.63) is 65.0 Å². The summed E-state index contributed by atoms with van der Waals surface area (Å²) in [5.41, 5.74) is 8.46. The number of rotatable bonds is 5. The number of halogens is 1. The summed E-state index contributed by atoms with van der Waals surface area (Å²) in [5, 5.41) is 4.57. The molecule has 1 aromatic heterocycles. The number of aryl methyl sites for hydroxylation is 1. The van der Waals surface area contributed by atoms with E-state index in [-0.39, 0.29) is 17.6 Å². The minimum Gasteiger partial charge on any atom is -0.324 e. The highest BCUT2D eigenvalue weighted by atomic mass is 32.2. The third-order valence-corrected chi connectivity index (χ3v) is 4.93. The molecule has 1 unspecified atom stereocenters. The molecule has 0 spiro atoms. The van der Waals surface area contributed by atoms with Gasteiger partial charge in [-0.25, -0.2) is 14.1 Å². The molecule has 6 heteroatoms. The number of nitrogens with two attached hydrogens (primary N) is 1. The smallest absolute Gasteiger partial charge is 0.164 e. The molecule has 1 aromatic carbocycles. The van der Waals surface area contributed by atoms with E-state index in [0.29, 0.717) is 23.8 Å². The highest BCUT2D eigenvalue weighted by molar-refractivity contribution is 7.99. The fraction of sp³-hybridized carbons (Fsp3) is 0.333. The number of hydrogen-bond acceptors (Lipinski definition) is 4. The Labute approximate surface area is 145 Å². The average molecular weight is 344 g/mol. The van der Waals surface area contributed by atoms with Gasteiger partial charge in [0.25, 0.3) is 0 Å². The van der Waals surface area contributed by atoms with Crippen molar-refractivity contribution in [1.29, 1.82) is 0 Å². The van der Waals surface area contributed by atoms with Gasteiger partial charge in [0.05, 0.1) is 12.2 Å². The van der Waals surface area contributed by atoms with Gasteiger partial charge in [0.15, 0.2) is 5.82 Å². The molecule has 24 heavy (non-hydrogen) atoms. The number of thioether (sulfide) groups is 1. The quantitative estimate of drug-likeness (QED) is 0.902. The van der Waals surface area contributed by atoms with E-state index < -0.39 is 0 Å². The lowest BCUT2D eigenvalue weighted by Crippen LogP contribution is -2.12. The minimum atomic E-state index is -0.250. The van der Waals surface area contributed by atoms with Gasteiger partial charge in [-0.2, -0.15) is 11.8 Å². The van der Waals surface area contributed by atoms with Crippen molar-refractivity contribution >= 4 is 17.5 Å². The Morgan fingerprint density at radius 3 is 2.92 bits per heavy atom. The van der Waals surface area contributed by atoms with E-state index in [4.69, 9.17) is 5.73 Å². The molecule has 0 aliphatic heterocycles. The van der Waals surface area contributed by atoms with Crippen LogP contribution in [0, 0.1) is 6.92 Å². The summed E-state index contributed by atoms with van der Waals surface area (Å²) < 4.78 is 16.1. The average Bonchev–Trinajstić information content (AvgIpc) is 2.97. The maximum Gasteiger partial charge on any atom is 0.164 e. The van der Waals surface area contributed by atoms with Gasteiger partial charge < -0.3 is 5.73 Å². The Bertz CT molecular complexity index is 794. The molecule has 126 valence electrons. The van der Waals surface area contributed by atoms with Gasteiger partial charge in [0.2, 0.25) is 0 Å². The maximum absolute atomic E-state index is 14.5. The van der Waals surface area contributed by atoms with Crippen LogP contribution in [0.2, 0.25) is 0 Å². The van der Waals surface area contributed by atoms with E-state index >= 15 is 0 Å². The fourth-order valence-electron chi connectivity index (χ4n) is 2.78.